The average molecular weight is 469 g/mol. The number of aryl methyl sites for hydroxylation is 1. The van der Waals surface area contributed by atoms with Crippen molar-refractivity contribution in [2.45, 2.75) is 25.3 Å². The van der Waals surface area contributed by atoms with Gasteiger partial charge in [0.05, 0.1) is 24.3 Å². The molecule has 0 bridgehead atoms. The maximum Gasteiger partial charge on any atom is 0.264 e. The third-order valence-corrected chi connectivity index (χ3v) is 6.75. The van der Waals surface area contributed by atoms with Gasteiger partial charge in [-0.25, -0.2) is 8.42 Å². The van der Waals surface area contributed by atoms with Crippen molar-refractivity contribution in [3.63, 3.8) is 0 Å². The van der Waals surface area contributed by atoms with Crippen LogP contribution >= 0.6 is 0 Å². The molecule has 174 valence electrons. The summed E-state index contributed by atoms with van der Waals surface area (Å²) in [5, 5.41) is 2.79. The topological polar surface area (TPSA) is 84.9 Å². The van der Waals surface area contributed by atoms with Crippen LogP contribution in [0.25, 0.3) is 0 Å². The van der Waals surface area contributed by atoms with Gasteiger partial charge in [0.2, 0.25) is 5.91 Å². The molecule has 33 heavy (non-hydrogen) atoms. The van der Waals surface area contributed by atoms with Gasteiger partial charge in [-0.15, -0.1) is 0 Å². The van der Waals surface area contributed by atoms with Gasteiger partial charge < -0.3 is 14.8 Å². The van der Waals surface area contributed by atoms with Crippen LogP contribution in [0.5, 0.6) is 11.5 Å². The minimum atomic E-state index is -3.99. The van der Waals surface area contributed by atoms with Gasteiger partial charge >= 0.3 is 0 Å². The number of hydrogen-bond acceptors (Lipinski definition) is 5. The number of carbonyl (C=O) groups is 1. The molecule has 8 heteroatoms. The average Bonchev–Trinajstić information content (AvgIpc) is 2.82. The Labute approximate surface area is 195 Å². The zero-order valence-electron chi connectivity index (χ0n) is 18.9. The van der Waals surface area contributed by atoms with Gasteiger partial charge in [0.25, 0.3) is 10.0 Å². The van der Waals surface area contributed by atoms with Gasteiger partial charge in [0.1, 0.15) is 18.0 Å². The maximum atomic E-state index is 13.4. The Hall–Kier alpha value is -3.52. The summed E-state index contributed by atoms with van der Waals surface area (Å²) in [6.45, 7) is 4.26. The molecule has 0 fully saturated rings. The number of rotatable bonds is 10. The molecule has 0 aliphatic rings. The Morgan fingerprint density at radius 1 is 0.970 bits per heavy atom. The van der Waals surface area contributed by atoms with Gasteiger partial charge in [0, 0.05) is 12.6 Å². The smallest absolute Gasteiger partial charge is 0.264 e. The van der Waals surface area contributed by atoms with Crippen molar-refractivity contribution >= 4 is 21.6 Å². The number of nitrogens with one attached hydrogen (secondary N) is 1. The molecule has 3 aromatic carbocycles. The number of anilines is 1. The highest BCUT2D eigenvalue weighted by atomic mass is 32.2. The molecule has 3 aromatic rings. The van der Waals surface area contributed by atoms with Crippen LogP contribution in [0.3, 0.4) is 0 Å². The predicted octanol–water partition coefficient (Wildman–Crippen LogP) is 3.91. The van der Waals surface area contributed by atoms with E-state index in [1.54, 1.807) is 36.4 Å². The molecule has 7 nitrogen and oxygen atoms in total. The molecule has 0 saturated heterocycles. The number of sulfonamides is 1. The summed E-state index contributed by atoms with van der Waals surface area (Å²) >= 11 is 0. The van der Waals surface area contributed by atoms with E-state index < -0.39 is 15.9 Å². The number of carbonyl (C=O) groups excluding carboxylic acids is 1. The molecule has 0 atom stereocenters. The van der Waals surface area contributed by atoms with Crippen LogP contribution < -0.4 is 19.1 Å². The van der Waals surface area contributed by atoms with Crippen LogP contribution in [0, 0.1) is 6.92 Å². The lowest BCUT2D eigenvalue weighted by Gasteiger charge is -2.24. The molecule has 0 aliphatic carbocycles. The molecule has 1 amide bonds. The van der Waals surface area contributed by atoms with Gasteiger partial charge in [-0.2, -0.15) is 0 Å². The highest BCUT2D eigenvalue weighted by Crippen LogP contribution is 2.27. The minimum absolute atomic E-state index is 0.107. The standard InChI is InChI=1S/C25H28N2O5S/c1-4-32-22-12-10-20(11-13-22)17-26-25(28)18-27(21-6-5-7-23(16-21)31-3)33(29,30)24-14-8-19(2)9-15-24/h5-16H,4,17-18H2,1-3H3,(H,26,28). The number of hydrogen-bond donors (Lipinski definition) is 1. The summed E-state index contributed by atoms with van der Waals surface area (Å²) in [6, 6.07) is 20.5. The van der Waals surface area contributed by atoms with E-state index in [2.05, 4.69) is 5.32 Å². The van der Waals surface area contributed by atoms with Gasteiger partial charge in [0.15, 0.2) is 0 Å². The molecular formula is C25H28N2O5S. The number of ether oxygens (including phenoxy) is 2. The molecule has 0 aromatic heterocycles. The minimum Gasteiger partial charge on any atom is -0.497 e. The highest BCUT2D eigenvalue weighted by Gasteiger charge is 2.27. The van der Waals surface area contributed by atoms with Gasteiger partial charge in [-0.05, 0) is 55.8 Å². The largest absolute Gasteiger partial charge is 0.497 e. The maximum absolute atomic E-state index is 13.4. The van der Waals surface area contributed by atoms with Crippen molar-refractivity contribution in [1.29, 1.82) is 0 Å². The van der Waals surface area contributed by atoms with Crippen molar-refractivity contribution in [1.82, 2.24) is 5.32 Å². The first-order valence-corrected chi connectivity index (χ1v) is 12.0. The molecule has 3 rings (SSSR count). The first kappa shape index (κ1) is 24.1. The van der Waals surface area contributed by atoms with Crippen LogP contribution in [-0.4, -0.2) is 34.6 Å². The summed E-state index contributed by atoms with van der Waals surface area (Å²) in [7, 11) is -2.48. The SMILES string of the molecule is CCOc1ccc(CNC(=O)CN(c2cccc(OC)c2)S(=O)(=O)c2ccc(C)cc2)cc1. The van der Waals surface area contributed by atoms with E-state index in [1.165, 1.54) is 19.2 Å². The van der Waals surface area contributed by atoms with Crippen LogP contribution in [0.15, 0.2) is 77.7 Å². The molecule has 0 aliphatic heterocycles. The predicted molar refractivity (Wildman–Crippen MR) is 128 cm³/mol. The number of amides is 1. The van der Waals surface area contributed by atoms with Crippen LogP contribution in [0.2, 0.25) is 0 Å². The van der Waals surface area contributed by atoms with E-state index >= 15 is 0 Å². The quantitative estimate of drug-likeness (QED) is 0.488. The second kappa shape index (κ2) is 10.9. The first-order chi connectivity index (χ1) is 15.8. The van der Waals surface area contributed by atoms with E-state index in [1.807, 2.05) is 38.1 Å². The Morgan fingerprint density at radius 3 is 2.30 bits per heavy atom. The van der Waals surface area contributed by atoms with Crippen molar-refractivity contribution < 1.29 is 22.7 Å². The summed E-state index contributed by atoms with van der Waals surface area (Å²) in [6.07, 6.45) is 0. The Balaban J connectivity index is 1.81. The molecule has 0 unspecified atom stereocenters. The van der Waals surface area contributed by atoms with Crippen molar-refractivity contribution in [2.24, 2.45) is 0 Å². The molecular weight excluding hydrogens is 440 g/mol. The fourth-order valence-electron chi connectivity index (χ4n) is 3.18. The third-order valence-electron chi connectivity index (χ3n) is 4.96. The molecule has 0 spiro atoms. The second-order valence-corrected chi connectivity index (χ2v) is 9.24. The third kappa shape index (κ3) is 6.26. The Bertz CT molecular complexity index is 1180. The second-order valence-electron chi connectivity index (χ2n) is 7.38. The molecule has 1 N–H and O–H groups in total. The lowest BCUT2D eigenvalue weighted by molar-refractivity contribution is -0.119. The molecule has 0 saturated carbocycles. The van der Waals surface area contributed by atoms with Crippen molar-refractivity contribution in [3.8, 4) is 11.5 Å². The van der Waals surface area contributed by atoms with Crippen LogP contribution in [0.4, 0.5) is 5.69 Å². The van der Waals surface area contributed by atoms with E-state index in [0.29, 0.717) is 18.0 Å². The highest BCUT2D eigenvalue weighted by molar-refractivity contribution is 7.92. The number of benzene rings is 3. The van der Waals surface area contributed by atoms with Crippen LogP contribution in [0.1, 0.15) is 18.1 Å². The summed E-state index contributed by atoms with van der Waals surface area (Å²) in [5.41, 5.74) is 2.15. The zero-order valence-corrected chi connectivity index (χ0v) is 19.8. The van der Waals surface area contributed by atoms with E-state index in [9.17, 15) is 13.2 Å². The van der Waals surface area contributed by atoms with Crippen molar-refractivity contribution in [2.75, 3.05) is 24.6 Å². The van der Waals surface area contributed by atoms with E-state index in [-0.39, 0.29) is 18.0 Å². The van der Waals surface area contributed by atoms with E-state index in [0.717, 1.165) is 21.2 Å². The fourth-order valence-corrected chi connectivity index (χ4v) is 4.59. The normalized spacial score (nSPS) is 11.0. The van der Waals surface area contributed by atoms with Crippen LogP contribution in [-0.2, 0) is 21.4 Å². The summed E-state index contributed by atoms with van der Waals surface area (Å²) in [4.78, 5) is 12.9. The Kier molecular flexibility index (Phi) is 7.95. The number of methoxy groups -OCH3 is 1. The first-order valence-electron chi connectivity index (χ1n) is 10.6. The summed E-state index contributed by atoms with van der Waals surface area (Å²) in [5.74, 6) is 0.815. The fraction of sp³-hybridized carbons (Fsp3) is 0.240. The molecule has 0 radical (unpaired) electrons. The monoisotopic (exact) mass is 468 g/mol. The zero-order chi connectivity index (χ0) is 23.8. The number of nitrogens with zero attached hydrogens (tertiary/aromatic N) is 1. The van der Waals surface area contributed by atoms with Crippen molar-refractivity contribution in [3.05, 3.63) is 83.9 Å². The van der Waals surface area contributed by atoms with E-state index in [4.69, 9.17) is 9.47 Å². The summed E-state index contributed by atoms with van der Waals surface area (Å²) < 4.78 is 38.6. The van der Waals surface area contributed by atoms with Gasteiger partial charge in [-0.3, -0.25) is 9.10 Å². The lowest BCUT2D eigenvalue weighted by atomic mass is 10.2. The van der Waals surface area contributed by atoms with Gasteiger partial charge in [-0.1, -0.05) is 35.9 Å². The Morgan fingerprint density at radius 2 is 1.67 bits per heavy atom. The molecule has 0 heterocycles. The lowest BCUT2D eigenvalue weighted by Crippen LogP contribution is -2.40.